The van der Waals surface area contributed by atoms with Crippen LogP contribution in [0.5, 0.6) is 0 Å². The van der Waals surface area contributed by atoms with Crippen molar-refractivity contribution in [3.05, 3.63) is 24.3 Å². The van der Waals surface area contributed by atoms with Gasteiger partial charge in [-0.05, 0) is 49.9 Å². The fourth-order valence-corrected chi connectivity index (χ4v) is 3.74. The minimum Gasteiger partial charge on any atom is -0.388 e. The van der Waals surface area contributed by atoms with E-state index in [2.05, 4.69) is 10.0 Å². The van der Waals surface area contributed by atoms with Gasteiger partial charge in [0.1, 0.15) is 0 Å². The van der Waals surface area contributed by atoms with Crippen LogP contribution in [0.4, 0.5) is 5.69 Å². The molecule has 2 N–H and O–H groups in total. The molecule has 1 saturated heterocycles. The maximum absolute atomic E-state index is 12.3. The largest absolute Gasteiger partial charge is 0.388 e. The van der Waals surface area contributed by atoms with Crippen molar-refractivity contribution in [2.24, 2.45) is 5.92 Å². The van der Waals surface area contributed by atoms with Crippen LogP contribution >= 0.6 is 0 Å². The lowest BCUT2D eigenvalue weighted by Crippen LogP contribution is -2.40. The second kappa shape index (κ2) is 6.56. The molecule has 5 nitrogen and oxygen atoms in total. The van der Waals surface area contributed by atoms with E-state index in [1.54, 1.807) is 31.3 Å². The van der Waals surface area contributed by atoms with Crippen molar-refractivity contribution in [1.29, 1.82) is 0 Å². The summed E-state index contributed by atoms with van der Waals surface area (Å²) in [4.78, 5) is 0.301. The van der Waals surface area contributed by atoms with Gasteiger partial charge in [0.15, 0.2) is 0 Å². The summed E-state index contributed by atoms with van der Waals surface area (Å²) in [5.74, 6) is 0.343. The zero-order chi connectivity index (χ0) is 14.6. The van der Waals surface area contributed by atoms with Gasteiger partial charge in [-0.1, -0.05) is 0 Å². The molecule has 0 aliphatic carbocycles. The highest BCUT2D eigenvalue weighted by Crippen LogP contribution is 2.21. The summed E-state index contributed by atoms with van der Waals surface area (Å²) < 4.78 is 32.7. The number of hydrogen-bond acceptors (Lipinski definition) is 4. The minimum absolute atomic E-state index is 0.0760. The fraction of sp³-hybridized carbons (Fsp3) is 0.571. The monoisotopic (exact) mass is 298 g/mol. The van der Waals surface area contributed by atoms with E-state index >= 15 is 0 Å². The molecular formula is C14H22N2O3S. The Kier molecular flexibility index (Phi) is 5.01. The van der Waals surface area contributed by atoms with Gasteiger partial charge < -0.3 is 10.1 Å². The van der Waals surface area contributed by atoms with Crippen molar-refractivity contribution in [3.8, 4) is 0 Å². The molecule has 1 aliphatic heterocycles. The van der Waals surface area contributed by atoms with E-state index in [9.17, 15) is 8.42 Å². The fourth-order valence-electron chi connectivity index (χ4n) is 2.43. The highest BCUT2D eigenvalue weighted by Gasteiger charge is 2.25. The average molecular weight is 298 g/mol. The third-order valence-electron chi connectivity index (χ3n) is 3.77. The molecule has 1 aromatic rings. The Morgan fingerprint density at radius 2 is 1.80 bits per heavy atom. The summed E-state index contributed by atoms with van der Waals surface area (Å²) in [7, 11) is -1.65. The van der Waals surface area contributed by atoms with E-state index < -0.39 is 10.0 Å². The molecule has 1 aromatic carbocycles. The Bertz CT molecular complexity index is 522. The molecule has 1 atom stereocenters. The molecule has 6 heteroatoms. The molecule has 2 rings (SSSR count). The number of benzene rings is 1. The molecule has 0 saturated carbocycles. The van der Waals surface area contributed by atoms with Crippen molar-refractivity contribution in [1.82, 2.24) is 4.72 Å². The highest BCUT2D eigenvalue weighted by atomic mass is 32.2. The van der Waals surface area contributed by atoms with Crippen LogP contribution in [0.2, 0.25) is 0 Å². The van der Waals surface area contributed by atoms with Crippen LogP contribution in [0.25, 0.3) is 0 Å². The molecule has 0 radical (unpaired) electrons. The molecule has 20 heavy (non-hydrogen) atoms. The maximum atomic E-state index is 12.3. The Hall–Kier alpha value is -1.11. The van der Waals surface area contributed by atoms with E-state index in [1.165, 1.54) is 0 Å². The first kappa shape index (κ1) is 15.3. The molecular weight excluding hydrogens is 276 g/mol. The van der Waals surface area contributed by atoms with Crippen LogP contribution in [-0.2, 0) is 14.8 Å². The van der Waals surface area contributed by atoms with Crippen LogP contribution in [0.15, 0.2) is 29.2 Å². The molecule has 1 heterocycles. The second-order valence-electron chi connectivity index (χ2n) is 5.13. The van der Waals surface area contributed by atoms with Crippen molar-refractivity contribution >= 4 is 15.7 Å². The Morgan fingerprint density at radius 1 is 1.20 bits per heavy atom. The van der Waals surface area contributed by atoms with Gasteiger partial charge in [0.2, 0.25) is 10.0 Å². The van der Waals surface area contributed by atoms with Crippen molar-refractivity contribution in [2.45, 2.75) is 30.7 Å². The summed E-state index contributed by atoms with van der Waals surface area (Å²) in [6, 6.07) is 6.67. The average Bonchev–Trinajstić information content (AvgIpc) is 2.48. The predicted molar refractivity (Wildman–Crippen MR) is 79.3 cm³/mol. The number of hydrogen-bond donors (Lipinski definition) is 2. The van der Waals surface area contributed by atoms with E-state index in [0.29, 0.717) is 24.0 Å². The lowest BCUT2D eigenvalue weighted by Gasteiger charge is -2.28. The first-order valence-corrected chi connectivity index (χ1v) is 8.39. The molecule has 1 fully saturated rings. The number of ether oxygens (including phenoxy) is 1. The zero-order valence-corrected chi connectivity index (χ0v) is 12.7. The van der Waals surface area contributed by atoms with Gasteiger partial charge in [0.25, 0.3) is 0 Å². The van der Waals surface area contributed by atoms with Crippen molar-refractivity contribution in [3.63, 3.8) is 0 Å². The first-order valence-electron chi connectivity index (χ1n) is 6.91. The summed E-state index contributed by atoms with van der Waals surface area (Å²) in [6.45, 7) is 3.36. The van der Waals surface area contributed by atoms with Crippen molar-refractivity contribution < 1.29 is 13.2 Å². The number of rotatable bonds is 5. The molecule has 1 unspecified atom stereocenters. The smallest absolute Gasteiger partial charge is 0.240 e. The van der Waals surface area contributed by atoms with Gasteiger partial charge in [-0.2, -0.15) is 0 Å². The van der Waals surface area contributed by atoms with Gasteiger partial charge >= 0.3 is 0 Å². The van der Waals surface area contributed by atoms with Gasteiger partial charge in [0, 0.05) is 32.0 Å². The van der Waals surface area contributed by atoms with Gasteiger partial charge in [-0.3, -0.25) is 0 Å². The minimum atomic E-state index is -3.45. The van der Waals surface area contributed by atoms with Crippen LogP contribution in [0.1, 0.15) is 19.8 Å². The molecule has 0 aromatic heterocycles. The summed E-state index contributed by atoms with van der Waals surface area (Å²) >= 11 is 0. The SMILES string of the molecule is CNc1ccc(S(=O)(=O)NC(C)C2CCOCC2)cc1. The van der Waals surface area contributed by atoms with Crippen LogP contribution in [0, 0.1) is 5.92 Å². The second-order valence-corrected chi connectivity index (χ2v) is 6.85. The van der Waals surface area contributed by atoms with E-state index in [0.717, 1.165) is 18.5 Å². The summed E-state index contributed by atoms with van der Waals surface area (Å²) in [5, 5.41) is 2.97. The quantitative estimate of drug-likeness (QED) is 0.870. The van der Waals surface area contributed by atoms with Crippen LogP contribution < -0.4 is 10.0 Å². The third kappa shape index (κ3) is 3.71. The highest BCUT2D eigenvalue weighted by molar-refractivity contribution is 7.89. The number of nitrogens with one attached hydrogen (secondary N) is 2. The van der Waals surface area contributed by atoms with Gasteiger partial charge in [0.05, 0.1) is 4.90 Å². The van der Waals surface area contributed by atoms with E-state index in [4.69, 9.17) is 4.74 Å². The summed E-state index contributed by atoms with van der Waals surface area (Å²) in [5.41, 5.74) is 0.890. The van der Waals surface area contributed by atoms with Gasteiger partial charge in [-0.25, -0.2) is 13.1 Å². The molecule has 0 spiro atoms. The molecule has 0 bridgehead atoms. The Morgan fingerprint density at radius 3 is 2.35 bits per heavy atom. The maximum Gasteiger partial charge on any atom is 0.240 e. The standard InChI is InChI=1S/C14H22N2O3S/c1-11(12-7-9-19-10-8-12)16-20(17,18)14-5-3-13(15-2)4-6-14/h3-6,11-12,15-16H,7-10H2,1-2H3. The van der Waals surface area contributed by atoms with Crippen LogP contribution in [0.3, 0.4) is 0 Å². The molecule has 0 amide bonds. The van der Waals surface area contributed by atoms with E-state index in [1.807, 2.05) is 6.92 Å². The predicted octanol–water partition coefficient (Wildman–Crippen LogP) is 1.82. The first-order chi connectivity index (χ1) is 9.53. The number of anilines is 1. The lowest BCUT2D eigenvalue weighted by atomic mass is 9.94. The Balaban J connectivity index is 2.05. The number of sulfonamides is 1. The van der Waals surface area contributed by atoms with Crippen LogP contribution in [-0.4, -0.2) is 34.7 Å². The molecule has 1 aliphatic rings. The van der Waals surface area contributed by atoms with Gasteiger partial charge in [-0.15, -0.1) is 0 Å². The Labute approximate surface area is 120 Å². The van der Waals surface area contributed by atoms with Crippen molar-refractivity contribution in [2.75, 3.05) is 25.6 Å². The van der Waals surface area contributed by atoms with E-state index in [-0.39, 0.29) is 6.04 Å². The third-order valence-corrected chi connectivity index (χ3v) is 5.34. The molecule has 112 valence electrons. The topological polar surface area (TPSA) is 67.4 Å². The summed E-state index contributed by atoms with van der Waals surface area (Å²) in [6.07, 6.45) is 1.81. The lowest BCUT2D eigenvalue weighted by molar-refractivity contribution is 0.0585. The zero-order valence-electron chi connectivity index (χ0n) is 11.9. The normalized spacial score (nSPS) is 18.7.